The van der Waals surface area contributed by atoms with Crippen LogP contribution in [0, 0.1) is 12.8 Å². The predicted octanol–water partition coefficient (Wildman–Crippen LogP) is 2.77. The van der Waals surface area contributed by atoms with Gasteiger partial charge in [-0.15, -0.1) is 0 Å². The quantitative estimate of drug-likeness (QED) is 0.798. The molecule has 1 aliphatic rings. The molecule has 2 amide bonds. The monoisotopic (exact) mass is 281 g/mol. The van der Waals surface area contributed by atoms with Gasteiger partial charge in [0.25, 0.3) is 0 Å². The van der Waals surface area contributed by atoms with Gasteiger partial charge in [-0.1, -0.05) is 17.7 Å². The van der Waals surface area contributed by atoms with E-state index in [1.54, 1.807) is 6.07 Å². The molecule has 1 saturated heterocycles. The molecular formula is C14H20ClN3O. The molecule has 1 unspecified atom stereocenters. The van der Waals surface area contributed by atoms with E-state index in [9.17, 15) is 4.79 Å². The summed E-state index contributed by atoms with van der Waals surface area (Å²) in [5.74, 6) is 0.529. The Kier molecular flexibility index (Phi) is 5.05. The van der Waals surface area contributed by atoms with Gasteiger partial charge in [-0.2, -0.15) is 0 Å². The van der Waals surface area contributed by atoms with E-state index >= 15 is 0 Å². The first-order valence-corrected chi connectivity index (χ1v) is 7.04. The summed E-state index contributed by atoms with van der Waals surface area (Å²) in [6.45, 7) is 4.71. The Balaban J connectivity index is 1.78. The van der Waals surface area contributed by atoms with Crippen LogP contribution in [-0.4, -0.2) is 25.7 Å². The third-order valence-corrected chi connectivity index (χ3v) is 3.79. The molecule has 1 aromatic rings. The van der Waals surface area contributed by atoms with Crippen LogP contribution in [0.25, 0.3) is 0 Å². The number of halogens is 1. The molecule has 5 heteroatoms. The first kappa shape index (κ1) is 14.2. The van der Waals surface area contributed by atoms with Crippen LogP contribution in [0.3, 0.4) is 0 Å². The van der Waals surface area contributed by atoms with Gasteiger partial charge < -0.3 is 16.0 Å². The number of carbonyl (C=O) groups is 1. The third kappa shape index (κ3) is 4.40. The van der Waals surface area contributed by atoms with E-state index in [1.165, 1.54) is 12.8 Å². The van der Waals surface area contributed by atoms with Gasteiger partial charge in [-0.05, 0) is 56.5 Å². The molecule has 0 aromatic heterocycles. The fraction of sp³-hybridized carbons (Fsp3) is 0.500. The van der Waals surface area contributed by atoms with E-state index in [2.05, 4.69) is 16.0 Å². The lowest BCUT2D eigenvalue weighted by atomic mass is 10.00. The Bertz CT molecular complexity index is 444. The van der Waals surface area contributed by atoms with Crippen LogP contribution in [0.15, 0.2) is 18.2 Å². The number of benzene rings is 1. The van der Waals surface area contributed by atoms with Crippen LogP contribution in [0.2, 0.25) is 5.02 Å². The SMILES string of the molecule is Cc1ccc(NC(=O)NCC2CCCNC2)cc1Cl. The van der Waals surface area contributed by atoms with Crippen LogP contribution in [0.1, 0.15) is 18.4 Å². The normalized spacial score (nSPS) is 18.9. The molecule has 1 heterocycles. The highest BCUT2D eigenvalue weighted by atomic mass is 35.5. The standard InChI is InChI=1S/C14H20ClN3O/c1-10-4-5-12(7-13(10)15)18-14(19)17-9-11-3-2-6-16-8-11/h4-5,7,11,16H,2-3,6,8-9H2,1H3,(H2,17,18,19). The number of piperidine rings is 1. The van der Waals surface area contributed by atoms with Gasteiger partial charge in [0.2, 0.25) is 0 Å². The van der Waals surface area contributed by atoms with Crippen molar-refractivity contribution in [2.45, 2.75) is 19.8 Å². The maximum absolute atomic E-state index is 11.8. The average molecular weight is 282 g/mol. The smallest absolute Gasteiger partial charge is 0.319 e. The predicted molar refractivity (Wildman–Crippen MR) is 78.8 cm³/mol. The molecule has 0 bridgehead atoms. The van der Waals surface area contributed by atoms with Crippen LogP contribution < -0.4 is 16.0 Å². The summed E-state index contributed by atoms with van der Waals surface area (Å²) in [5.41, 5.74) is 1.72. The minimum atomic E-state index is -0.175. The van der Waals surface area contributed by atoms with E-state index in [0.29, 0.717) is 17.5 Å². The summed E-state index contributed by atoms with van der Waals surface area (Å²) < 4.78 is 0. The summed E-state index contributed by atoms with van der Waals surface area (Å²) in [4.78, 5) is 11.8. The molecule has 0 spiro atoms. The fourth-order valence-corrected chi connectivity index (χ4v) is 2.36. The van der Waals surface area contributed by atoms with Gasteiger partial charge in [0, 0.05) is 17.3 Å². The third-order valence-electron chi connectivity index (χ3n) is 3.38. The number of hydrogen-bond acceptors (Lipinski definition) is 2. The maximum Gasteiger partial charge on any atom is 0.319 e. The summed E-state index contributed by atoms with van der Waals surface area (Å²) in [5, 5.41) is 9.69. The molecule has 4 nitrogen and oxygen atoms in total. The van der Waals surface area contributed by atoms with Crippen LogP contribution >= 0.6 is 11.6 Å². The Morgan fingerprint density at radius 3 is 3.05 bits per heavy atom. The summed E-state index contributed by atoms with van der Waals surface area (Å²) in [6.07, 6.45) is 2.35. The van der Waals surface area contributed by atoms with Crippen molar-refractivity contribution < 1.29 is 4.79 Å². The molecule has 0 saturated carbocycles. The zero-order valence-corrected chi connectivity index (χ0v) is 11.9. The number of amides is 2. The number of carbonyl (C=O) groups excluding carboxylic acids is 1. The zero-order valence-electron chi connectivity index (χ0n) is 11.1. The highest BCUT2D eigenvalue weighted by Gasteiger charge is 2.13. The second kappa shape index (κ2) is 6.78. The summed E-state index contributed by atoms with van der Waals surface area (Å²) in [7, 11) is 0. The topological polar surface area (TPSA) is 53.2 Å². The lowest BCUT2D eigenvalue weighted by molar-refractivity contribution is 0.248. The Hall–Kier alpha value is -1.26. The van der Waals surface area contributed by atoms with Crippen molar-refractivity contribution in [2.75, 3.05) is 25.0 Å². The van der Waals surface area contributed by atoms with Crippen LogP contribution in [-0.2, 0) is 0 Å². The van der Waals surface area contributed by atoms with Crippen LogP contribution in [0.4, 0.5) is 10.5 Å². The Morgan fingerprint density at radius 2 is 2.37 bits per heavy atom. The molecule has 1 aromatic carbocycles. The largest absolute Gasteiger partial charge is 0.338 e. The molecule has 1 fully saturated rings. The molecule has 1 aliphatic heterocycles. The van der Waals surface area contributed by atoms with Gasteiger partial charge in [0.1, 0.15) is 0 Å². The van der Waals surface area contributed by atoms with Gasteiger partial charge in [-0.25, -0.2) is 4.79 Å². The highest BCUT2D eigenvalue weighted by Crippen LogP contribution is 2.19. The van der Waals surface area contributed by atoms with Crippen molar-refractivity contribution in [2.24, 2.45) is 5.92 Å². The Labute approximate surface area is 118 Å². The average Bonchev–Trinajstić information content (AvgIpc) is 2.42. The van der Waals surface area contributed by atoms with Crippen LogP contribution in [0.5, 0.6) is 0 Å². The number of urea groups is 1. The lowest BCUT2D eigenvalue weighted by Gasteiger charge is -2.22. The van der Waals surface area contributed by atoms with E-state index < -0.39 is 0 Å². The first-order chi connectivity index (χ1) is 9.15. The number of nitrogens with one attached hydrogen (secondary N) is 3. The van der Waals surface area contributed by atoms with Crippen molar-refractivity contribution >= 4 is 23.3 Å². The maximum atomic E-state index is 11.8. The fourth-order valence-electron chi connectivity index (χ4n) is 2.18. The van der Waals surface area contributed by atoms with E-state index in [4.69, 9.17) is 11.6 Å². The van der Waals surface area contributed by atoms with E-state index in [0.717, 1.165) is 24.3 Å². The van der Waals surface area contributed by atoms with Gasteiger partial charge in [0.05, 0.1) is 0 Å². The van der Waals surface area contributed by atoms with E-state index in [-0.39, 0.29) is 6.03 Å². The van der Waals surface area contributed by atoms with Gasteiger partial charge in [0.15, 0.2) is 0 Å². The molecule has 1 atom stereocenters. The summed E-state index contributed by atoms with van der Waals surface area (Å²) in [6, 6.07) is 5.33. The summed E-state index contributed by atoms with van der Waals surface area (Å²) >= 11 is 6.02. The first-order valence-electron chi connectivity index (χ1n) is 6.67. The minimum Gasteiger partial charge on any atom is -0.338 e. The van der Waals surface area contributed by atoms with E-state index in [1.807, 2.05) is 19.1 Å². The lowest BCUT2D eigenvalue weighted by Crippen LogP contribution is -2.39. The van der Waals surface area contributed by atoms with Crippen molar-refractivity contribution in [3.05, 3.63) is 28.8 Å². The molecular weight excluding hydrogens is 262 g/mol. The molecule has 19 heavy (non-hydrogen) atoms. The molecule has 3 N–H and O–H groups in total. The molecule has 2 rings (SSSR count). The second-order valence-corrected chi connectivity index (χ2v) is 5.42. The molecule has 0 aliphatic carbocycles. The molecule has 104 valence electrons. The highest BCUT2D eigenvalue weighted by molar-refractivity contribution is 6.31. The van der Waals surface area contributed by atoms with Gasteiger partial charge in [-0.3, -0.25) is 0 Å². The van der Waals surface area contributed by atoms with Crippen molar-refractivity contribution in [1.29, 1.82) is 0 Å². The number of aryl methyl sites for hydroxylation is 1. The van der Waals surface area contributed by atoms with Crippen molar-refractivity contribution in [3.8, 4) is 0 Å². The minimum absolute atomic E-state index is 0.175. The Morgan fingerprint density at radius 1 is 1.53 bits per heavy atom. The van der Waals surface area contributed by atoms with Crippen molar-refractivity contribution in [3.63, 3.8) is 0 Å². The zero-order chi connectivity index (χ0) is 13.7. The number of rotatable bonds is 3. The number of hydrogen-bond donors (Lipinski definition) is 3. The second-order valence-electron chi connectivity index (χ2n) is 5.01. The molecule has 0 radical (unpaired) electrons. The van der Waals surface area contributed by atoms with Crippen molar-refractivity contribution in [1.82, 2.24) is 10.6 Å². The van der Waals surface area contributed by atoms with Gasteiger partial charge >= 0.3 is 6.03 Å². The number of anilines is 1.